The van der Waals surface area contributed by atoms with Gasteiger partial charge < -0.3 is 10.2 Å². The van der Waals surface area contributed by atoms with Crippen LogP contribution in [0.25, 0.3) is 10.9 Å². The second kappa shape index (κ2) is 5.57. The molecule has 0 aliphatic carbocycles. The number of anilines is 1. The highest BCUT2D eigenvalue weighted by atomic mass is 15.2. The quantitative estimate of drug-likeness (QED) is 0.894. The van der Waals surface area contributed by atoms with Gasteiger partial charge >= 0.3 is 0 Å². The molecule has 1 N–H and O–H groups in total. The molecule has 3 nitrogen and oxygen atoms in total. The number of aromatic nitrogens is 1. The molecular weight excluding hydrogens is 234 g/mol. The zero-order valence-electron chi connectivity index (χ0n) is 11.5. The van der Waals surface area contributed by atoms with Gasteiger partial charge in [-0.1, -0.05) is 13.0 Å². The number of pyridine rings is 1. The van der Waals surface area contributed by atoms with Crippen molar-refractivity contribution in [2.75, 3.05) is 24.5 Å². The monoisotopic (exact) mass is 255 g/mol. The number of fused-ring (bicyclic) bond motifs is 1. The zero-order chi connectivity index (χ0) is 13.1. The van der Waals surface area contributed by atoms with Crippen LogP contribution < -0.4 is 10.2 Å². The fourth-order valence-electron chi connectivity index (χ4n) is 2.88. The number of rotatable bonds is 2. The summed E-state index contributed by atoms with van der Waals surface area (Å²) in [5.41, 5.74) is 2.41. The molecule has 2 aromatic rings. The summed E-state index contributed by atoms with van der Waals surface area (Å²) in [5, 5.41) is 4.89. The van der Waals surface area contributed by atoms with E-state index in [0.29, 0.717) is 6.04 Å². The lowest BCUT2D eigenvalue weighted by Gasteiger charge is -2.24. The summed E-state index contributed by atoms with van der Waals surface area (Å²) in [5.74, 6) is 0. The van der Waals surface area contributed by atoms with Crippen molar-refractivity contribution in [3.05, 3.63) is 36.5 Å². The van der Waals surface area contributed by atoms with E-state index in [0.717, 1.165) is 25.2 Å². The molecule has 0 saturated carbocycles. The first-order valence-corrected chi connectivity index (χ1v) is 7.20. The summed E-state index contributed by atoms with van der Waals surface area (Å²) in [6.45, 7) is 5.52. The predicted molar refractivity (Wildman–Crippen MR) is 80.7 cm³/mol. The van der Waals surface area contributed by atoms with Gasteiger partial charge in [-0.3, -0.25) is 4.98 Å². The topological polar surface area (TPSA) is 28.2 Å². The Hall–Kier alpha value is -1.61. The van der Waals surface area contributed by atoms with Crippen LogP contribution in [0.5, 0.6) is 0 Å². The van der Waals surface area contributed by atoms with Crippen LogP contribution in [0.2, 0.25) is 0 Å². The van der Waals surface area contributed by atoms with E-state index in [1.165, 1.54) is 23.9 Å². The Morgan fingerprint density at radius 1 is 1.26 bits per heavy atom. The molecule has 1 atom stereocenters. The Bertz CT molecular complexity index is 547. The van der Waals surface area contributed by atoms with Crippen molar-refractivity contribution in [2.24, 2.45) is 0 Å². The number of hydrogen-bond acceptors (Lipinski definition) is 3. The molecule has 0 amide bonds. The van der Waals surface area contributed by atoms with E-state index in [4.69, 9.17) is 0 Å². The van der Waals surface area contributed by atoms with Crippen LogP contribution in [0.4, 0.5) is 5.69 Å². The van der Waals surface area contributed by atoms with Gasteiger partial charge in [-0.15, -0.1) is 0 Å². The molecule has 1 aromatic carbocycles. The minimum atomic E-state index is 0.665. The van der Waals surface area contributed by atoms with E-state index < -0.39 is 0 Å². The Morgan fingerprint density at radius 3 is 3.11 bits per heavy atom. The summed E-state index contributed by atoms with van der Waals surface area (Å²) in [7, 11) is 0. The molecule has 0 bridgehead atoms. The maximum absolute atomic E-state index is 4.45. The van der Waals surface area contributed by atoms with Crippen molar-refractivity contribution < 1.29 is 0 Å². The zero-order valence-corrected chi connectivity index (χ0v) is 11.5. The molecule has 1 aliphatic rings. The van der Waals surface area contributed by atoms with Gasteiger partial charge in [-0.2, -0.15) is 0 Å². The van der Waals surface area contributed by atoms with Crippen LogP contribution in [0.1, 0.15) is 19.8 Å². The summed E-state index contributed by atoms with van der Waals surface area (Å²) >= 11 is 0. The molecule has 1 fully saturated rings. The molecule has 2 heterocycles. The second-order valence-electron chi connectivity index (χ2n) is 5.18. The highest BCUT2D eigenvalue weighted by molar-refractivity contribution is 5.91. The standard InChI is InChI=1S/C16H21N3/c1-2-13-8-11-19(12-10-17-13)16-7-3-6-15-14(16)5-4-9-18-15/h3-7,9,13,17H,2,8,10-12H2,1H3. The Morgan fingerprint density at radius 2 is 2.21 bits per heavy atom. The fraction of sp³-hybridized carbons (Fsp3) is 0.438. The van der Waals surface area contributed by atoms with Gasteiger partial charge in [0.15, 0.2) is 0 Å². The Kier molecular flexibility index (Phi) is 3.65. The average Bonchev–Trinajstić information content (AvgIpc) is 2.72. The smallest absolute Gasteiger partial charge is 0.0722 e. The van der Waals surface area contributed by atoms with E-state index >= 15 is 0 Å². The maximum Gasteiger partial charge on any atom is 0.0722 e. The lowest BCUT2D eigenvalue weighted by molar-refractivity contribution is 0.510. The van der Waals surface area contributed by atoms with Crippen LogP contribution in [0.15, 0.2) is 36.5 Å². The van der Waals surface area contributed by atoms with Crippen LogP contribution in [0, 0.1) is 0 Å². The Balaban J connectivity index is 1.91. The van der Waals surface area contributed by atoms with Crippen LogP contribution in [0.3, 0.4) is 0 Å². The molecule has 100 valence electrons. The number of hydrogen-bond donors (Lipinski definition) is 1. The van der Waals surface area contributed by atoms with Crippen molar-refractivity contribution in [1.29, 1.82) is 0 Å². The molecule has 19 heavy (non-hydrogen) atoms. The van der Waals surface area contributed by atoms with Crippen LogP contribution in [-0.4, -0.2) is 30.7 Å². The first kappa shape index (κ1) is 12.4. The molecule has 1 aliphatic heterocycles. The lowest BCUT2D eigenvalue weighted by Crippen LogP contribution is -2.30. The third-order valence-corrected chi connectivity index (χ3v) is 4.02. The van der Waals surface area contributed by atoms with Gasteiger partial charge in [-0.25, -0.2) is 0 Å². The van der Waals surface area contributed by atoms with Crippen molar-refractivity contribution in [1.82, 2.24) is 10.3 Å². The molecule has 3 heteroatoms. The van der Waals surface area contributed by atoms with E-state index in [1.807, 2.05) is 12.3 Å². The molecule has 1 saturated heterocycles. The first-order chi connectivity index (χ1) is 9.38. The fourth-order valence-corrected chi connectivity index (χ4v) is 2.88. The van der Waals surface area contributed by atoms with E-state index in [1.54, 1.807) is 0 Å². The third-order valence-electron chi connectivity index (χ3n) is 4.02. The normalized spacial score (nSPS) is 20.5. The van der Waals surface area contributed by atoms with Gasteiger partial charge in [0.1, 0.15) is 0 Å². The summed E-state index contributed by atoms with van der Waals surface area (Å²) < 4.78 is 0. The minimum absolute atomic E-state index is 0.665. The SMILES string of the molecule is CCC1CCN(c2cccc3ncccc23)CCN1. The maximum atomic E-state index is 4.45. The lowest BCUT2D eigenvalue weighted by atomic mass is 10.1. The van der Waals surface area contributed by atoms with Gasteiger partial charge in [-0.05, 0) is 37.1 Å². The highest BCUT2D eigenvalue weighted by Crippen LogP contribution is 2.26. The minimum Gasteiger partial charge on any atom is -0.370 e. The first-order valence-electron chi connectivity index (χ1n) is 7.20. The molecule has 0 radical (unpaired) electrons. The van der Waals surface area contributed by atoms with Crippen LogP contribution >= 0.6 is 0 Å². The van der Waals surface area contributed by atoms with E-state index in [9.17, 15) is 0 Å². The van der Waals surface area contributed by atoms with Gasteiger partial charge in [0, 0.05) is 42.9 Å². The predicted octanol–water partition coefficient (Wildman–Crippen LogP) is 2.81. The van der Waals surface area contributed by atoms with Gasteiger partial charge in [0.05, 0.1) is 5.52 Å². The Labute approximate surface area is 114 Å². The average molecular weight is 255 g/mol. The molecule has 3 rings (SSSR count). The van der Waals surface area contributed by atoms with Crippen molar-refractivity contribution >= 4 is 16.6 Å². The van der Waals surface area contributed by atoms with Gasteiger partial charge in [0.25, 0.3) is 0 Å². The van der Waals surface area contributed by atoms with Crippen LogP contribution in [-0.2, 0) is 0 Å². The summed E-state index contributed by atoms with van der Waals surface area (Å²) in [4.78, 5) is 6.94. The largest absolute Gasteiger partial charge is 0.370 e. The molecule has 1 unspecified atom stereocenters. The number of benzene rings is 1. The van der Waals surface area contributed by atoms with Crippen molar-refractivity contribution in [3.63, 3.8) is 0 Å². The third kappa shape index (κ3) is 2.56. The van der Waals surface area contributed by atoms with E-state index in [-0.39, 0.29) is 0 Å². The molecule has 1 aromatic heterocycles. The molecular formula is C16H21N3. The van der Waals surface area contributed by atoms with E-state index in [2.05, 4.69) is 46.4 Å². The highest BCUT2D eigenvalue weighted by Gasteiger charge is 2.16. The van der Waals surface area contributed by atoms with Crippen molar-refractivity contribution in [2.45, 2.75) is 25.8 Å². The molecule has 0 spiro atoms. The number of nitrogens with one attached hydrogen (secondary N) is 1. The summed E-state index contributed by atoms with van der Waals surface area (Å²) in [6, 6.07) is 11.3. The second-order valence-corrected chi connectivity index (χ2v) is 5.18. The number of nitrogens with zero attached hydrogens (tertiary/aromatic N) is 2. The van der Waals surface area contributed by atoms with Crippen molar-refractivity contribution in [3.8, 4) is 0 Å². The summed E-state index contributed by atoms with van der Waals surface area (Å²) in [6.07, 6.45) is 4.29. The van der Waals surface area contributed by atoms with Gasteiger partial charge in [0.2, 0.25) is 0 Å².